The summed E-state index contributed by atoms with van der Waals surface area (Å²) >= 11 is 1.25. The number of fused-ring (bicyclic) bond motifs is 1. The van der Waals surface area contributed by atoms with Crippen molar-refractivity contribution >= 4 is 33.4 Å². The lowest BCUT2D eigenvalue weighted by Crippen LogP contribution is -2.16. The van der Waals surface area contributed by atoms with Gasteiger partial charge < -0.3 is 18.8 Å². The van der Waals surface area contributed by atoms with E-state index < -0.39 is 11.9 Å². The molecule has 2 aromatic carbocycles. The van der Waals surface area contributed by atoms with Crippen molar-refractivity contribution in [3.63, 3.8) is 0 Å². The molecule has 0 N–H and O–H groups in total. The molecular weight excluding hydrogens is 392 g/mol. The normalized spacial score (nSPS) is 11.2. The summed E-state index contributed by atoms with van der Waals surface area (Å²) in [5.74, 6) is 2.53. The van der Waals surface area contributed by atoms with Gasteiger partial charge in [0.2, 0.25) is 0 Å². The number of nitrogens with zero attached hydrogens (tertiary/aromatic N) is 2. The third kappa shape index (κ3) is 4.00. The van der Waals surface area contributed by atoms with Gasteiger partial charge in [-0.05, 0) is 36.4 Å². The van der Waals surface area contributed by atoms with E-state index in [-0.39, 0.29) is 12.1 Å². The maximum atomic E-state index is 12.9. The van der Waals surface area contributed by atoms with Crippen molar-refractivity contribution in [2.45, 2.75) is 6.54 Å². The number of hydrogen-bond acceptors (Lipinski definition) is 6. The highest BCUT2D eigenvalue weighted by molar-refractivity contribution is 7.16. The summed E-state index contributed by atoms with van der Waals surface area (Å²) in [7, 11) is 4.31. The molecule has 1 aromatic heterocycles. The van der Waals surface area contributed by atoms with Crippen LogP contribution in [0.2, 0.25) is 0 Å². The number of benzene rings is 2. The van der Waals surface area contributed by atoms with Crippen LogP contribution in [0.3, 0.4) is 0 Å². The van der Waals surface area contributed by atoms with E-state index in [4.69, 9.17) is 20.6 Å². The van der Waals surface area contributed by atoms with E-state index in [1.807, 2.05) is 0 Å². The molecule has 0 radical (unpaired) electrons. The Morgan fingerprint density at radius 2 is 1.93 bits per heavy atom. The van der Waals surface area contributed by atoms with Gasteiger partial charge in [-0.15, -0.1) is 6.42 Å². The Kier molecular flexibility index (Phi) is 6.00. The standard InChI is InChI=1S/C21H18N2O5S/c1-5-10-23-16-8-6-13(20(25)28-4)11-18(16)29-21(23)22-19(24)15-12-14(26-2)7-9-17(15)27-3/h1,6-9,11-12H,10H2,2-4H3. The first-order valence-corrected chi connectivity index (χ1v) is 9.30. The fourth-order valence-electron chi connectivity index (χ4n) is 2.78. The van der Waals surface area contributed by atoms with Crippen LogP contribution in [0.4, 0.5) is 0 Å². The fourth-order valence-corrected chi connectivity index (χ4v) is 3.84. The van der Waals surface area contributed by atoms with Gasteiger partial charge in [0.05, 0.1) is 49.2 Å². The number of esters is 1. The van der Waals surface area contributed by atoms with E-state index in [9.17, 15) is 9.59 Å². The number of carbonyl (C=O) groups excluding carboxylic acids is 2. The molecule has 0 atom stereocenters. The molecule has 3 rings (SSSR count). The Morgan fingerprint density at radius 3 is 2.59 bits per heavy atom. The van der Waals surface area contributed by atoms with Crippen molar-refractivity contribution in [2.75, 3.05) is 21.3 Å². The Bertz CT molecular complexity index is 1200. The molecule has 148 valence electrons. The average molecular weight is 410 g/mol. The number of hydrogen-bond donors (Lipinski definition) is 0. The fraction of sp³-hybridized carbons (Fsp3) is 0.190. The number of terminal acetylenes is 1. The molecule has 0 fully saturated rings. The van der Waals surface area contributed by atoms with Crippen molar-refractivity contribution < 1.29 is 23.8 Å². The highest BCUT2D eigenvalue weighted by atomic mass is 32.1. The molecular formula is C21H18N2O5S. The number of ether oxygens (including phenoxy) is 3. The maximum Gasteiger partial charge on any atom is 0.337 e. The molecule has 1 heterocycles. The van der Waals surface area contributed by atoms with Crippen LogP contribution in [0.1, 0.15) is 20.7 Å². The molecule has 8 heteroatoms. The van der Waals surface area contributed by atoms with E-state index in [1.165, 1.54) is 32.7 Å². The first-order chi connectivity index (χ1) is 14.0. The van der Waals surface area contributed by atoms with Crippen molar-refractivity contribution in [2.24, 2.45) is 4.99 Å². The summed E-state index contributed by atoms with van der Waals surface area (Å²) in [6.07, 6.45) is 5.50. The Morgan fingerprint density at radius 1 is 1.14 bits per heavy atom. The quantitative estimate of drug-likeness (QED) is 0.477. The summed E-state index contributed by atoms with van der Waals surface area (Å²) in [6.45, 7) is 0.221. The Labute approximate surface area is 171 Å². The van der Waals surface area contributed by atoms with Crippen molar-refractivity contribution in [1.29, 1.82) is 0 Å². The summed E-state index contributed by atoms with van der Waals surface area (Å²) < 4.78 is 17.7. The summed E-state index contributed by atoms with van der Waals surface area (Å²) in [4.78, 5) is 29.4. The molecule has 0 saturated heterocycles. The molecule has 0 saturated carbocycles. The molecule has 7 nitrogen and oxygen atoms in total. The van der Waals surface area contributed by atoms with Gasteiger partial charge in [0.25, 0.3) is 5.91 Å². The minimum absolute atomic E-state index is 0.221. The third-order valence-corrected chi connectivity index (χ3v) is 5.23. The highest BCUT2D eigenvalue weighted by Crippen LogP contribution is 2.25. The van der Waals surface area contributed by atoms with Crippen LogP contribution in [0.15, 0.2) is 41.4 Å². The summed E-state index contributed by atoms with van der Waals surface area (Å²) in [6, 6.07) is 10.00. The van der Waals surface area contributed by atoms with Gasteiger partial charge in [-0.25, -0.2) is 4.79 Å². The molecule has 0 unspecified atom stereocenters. The van der Waals surface area contributed by atoms with E-state index >= 15 is 0 Å². The molecule has 0 aliphatic rings. The van der Waals surface area contributed by atoms with Gasteiger partial charge in [0.15, 0.2) is 4.80 Å². The van der Waals surface area contributed by atoms with E-state index in [0.717, 1.165) is 10.2 Å². The predicted molar refractivity (Wildman–Crippen MR) is 109 cm³/mol. The smallest absolute Gasteiger partial charge is 0.337 e. The second-order valence-corrected chi connectivity index (χ2v) is 6.84. The van der Waals surface area contributed by atoms with Crippen LogP contribution in [0.5, 0.6) is 11.5 Å². The molecule has 29 heavy (non-hydrogen) atoms. The largest absolute Gasteiger partial charge is 0.497 e. The first kappa shape index (κ1) is 20.2. The van der Waals surface area contributed by atoms with Crippen molar-refractivity contribution in [3.8, 4) is 23.8 Å². The number of methoxy groups -OCH3 is 3. The lowest BCUT2D eigenvalue weighted by atomic mass is 10.2. The Balaban J connectivity index is 2.16. The van der Waals surface area contributed by atoms with Crippen LogP contribution in [-0.2, 0) is 11.3 Å². The zero-order chi connectivity index (χ0) is 21.0. The van der Waals surface area contributed by atoms with Crippen molar-refractivity contribution in [3.05, 3.63) is 52.3 Å². The van der Waals surface area contributed by atoms with Gasteiger partial charge in [0.1, 0.15) is 11.5 Å². The molecule has 0 aliphatic carbocycles. The molecule has 1 amide bonds. The van der Waals surface area contributed by atoms with Gasteiger partial charge in [-0.3, -0.25) is 4.79 Å². The van der Waals surface area contributed by atoms with Gasteiger partial charge in [-0.2, -0.15) is 4.99 Å². The van der Waals surface area contributed by atoms with E-state index in [1.54, 1.807) is 41.0 Å². The van der Waals surface area contributed by atoms with Crippen LogP contribution in [-0.4, -0.2) is 37.8 Å². The van der Waals surface area contributed by atoms with E-state index in [0.29, 0.717) is 21.9 Å². The van der Waals surface area contributed by atoms with Crippen LogP contribution in [0, 0.1) is 12.3 Å². The minimum Gasteiger partial charge on any atom is -0.497 e. The predicted octanol–water partition coefficient (Wildman–Crippen LogP) is 2.88. The van der Waals surface area contributed by atoms with Crippen LogP contribution >= 0.6 is 11.3 Å². The average Bonchev–Trinajstić information content (AvgIpc) is 3.08. The van der Waals surface area contributed by atoms with Crippen LogP contribution < -0.4 is 14.3 Å². The molecule has 0 spiro atoms. The lowest BCUT2D eigenvalue weighted by Gasteiger charge is -2.07. The van der Waals surface area contributed by atoms with Gasteiger partial charge >= 0.3 is 5.97 Å². The lowest BCUT2D eigenvalue weighted by molar-refractivity contribution is 0.0600. The molecule has 0 aliphatic heterocycles. The van der Waals surface area contributed by atoms with E-state index in [2.05, 4.69) is 10.9 Å². The van der Waals surface area contributed by atoms with Crippen LogP contribution in [0.25, 0.3) is 10.2 Å². The van der Waals surface area contributed by atoms with Gasteiger partial charge in [-0.1, -0.05) is 17.3 Å². The topological polar surface area (TPSA) is 79.1 Å². The zero-order valence-electron chi connectivity index (χ0n) is 16.1. The second kappa shape index (κ2) is 8.63. The second-order valence-electron chi connectivity index (χ2n) is 5.83. The number of aromatic nitrogens is 1. The Hall–Kier alpha value is -3.57. The SMILES string of the molecule is C#CCn1c(=NC(=O)c2cc(OC)ccc2OC)sc2cc(C(=O)OC)ccc21. The minimum atomic E-state index is -0.494. The third-order valence-electron chi connectivity index (χ3n) is 4.19. The van der Waals surface area contributed by atoms with Gasteiger partial charge in [0, 0.05) is 0 Å². The molecule has 3 aromatic rings. The number of carbonyl (C=O) groups is 2. The monoisotopic (exact) mass is 410 g/mol. The van der Waals surface area contributed by atoms with Crippen molar-refractivity contribution in [1.82, 2.24) is 4.57 Å². The number of rotatable bonds is 5. The number of amides is 1. The first-order valence-electron chi connectivity index (χ1n) is 8.48. The summed E-state index contributed by atoms with van der Waals surface area (Å²) in [5, 5.41) is 0. The number of thiazole rings is 1. The summed E-state index contributed by atoms with van der Waals surface area (Å²) in [5.41, 5.74) is 1.44. The zero-order valence-corrected chi connectivity index (χ0v) is 16.9. The molecule has 0 bridgehead atoms. The highest BCUT2D eigenvalue weighted by Gasteiger charge is 2.15. The maximum absolute atomic E-state index is 12.9.